The van der Waals surface area contributed by atoms with Gasteiger partial charge in [-0.3, -0.25) is 4.79 Å². The van der Waals surface area contributed by atoms with E-state index in [9.17, 15) is 4.79 Å². The van der Waals surface area contributed by atoms with Gasteiger partial charge in [-0.15, -0.1) is 0 Å². The zero-order chi connectivity index (χ0) is 25.3. The van der Waals surface area contributed by atoms with Gasteiger partial charge in [0.05, 0.1) is 17.6 Å². The summed E-state index contributed by atoms with van der Waals surface area (Å²) < 4.78 is 13.9. The van der Waals surface area contributed by atoms with E-state index in [-0.39, 0.29) is 12.5 Å². The normalized spacial score (nSPS) is 11.0. The van der Waals surface area contributed by atoms with Crippen molar-refractivity contribution in [3.63, 3.8) is 0 Å². The number of aromatic nitrogens is 2. The number of para-hydroxylation sites is 2. The molecule has 6 heteroatoms. The maximum atomic E-state index is 12.3. The molecule has 4 aromatic rings. The van der Waals surface area contributed by atoms with Crippen LogP contribution in [0.4, 0.5) is 0 Å². The van der Waals surface area contributed by atoms with Crippen molar-refractivity contribution < 1.29 is 14.3 Å². The number of aryl methyl sites for hydroxylation is 5. The molecule has 36 heavy (non-hydrogen) atoms. The third kappa shape index (κ3) is 6.87. The van der Waals surface area contributed by atoms with Crippen LogP contribution in [0.3, 0.4) is 0 Å². The highest BCUT2D eigenvalue weighted by Gasteiger charge is 2.11. The summed E-state index contributed by atoms with van der Waals surface area (Å²) in [6, 6.07) is 22.3. The first-order valence-electron chi connectivity index (χ1n) is 12.6. The lowest BCUT2D eigenvalue weighted by Gasteiger charge is -2.12. The van der Waals surface area contributed by atoms with Crippen LogP contribution in [-0.4, -0.2) is 35.2 Å². The van der Waals surface area contributed by atoms with Crippen LogP contribution in [0.1, 0.15) is 35.4 Å². The minimum atomic E-state index is -0.113. The number of nitrogens with zero attached hydrogens (tertiary/aromatic N) is 2. The van der Waals surface area contributed by atoms with Gasteiger partial charge in [0.1, 0.15) is 17.3 Å². The maximum Gasteiger partial charge on any atom is 0.257 e. The molecule has 0 saturated heterocycles. The van der Waals surface area contributed by atoms with E-state index in [0.717, 1.165) is 65.3 Å². The molecule has 0 aliphatic carbocycles. The molecule has 1 aromatic heterocycles. The van der Waals surface area contributed by atoms with Crippen molar-refractivity contribution in [2.45, 2.75) is 46.6 Å². The largest absolute Gasteiger partial charge is 0.494 e. The van der Waals surface area contributed by atoms with Crippen LogP contribution < -0.4 is 14.8 Å². The molecule has 1 heterocycles. The molecule has 0 bridgehead atoms. The predicted molar refractivity (Wildman–Crippen MR) is 144 cm³/mol. The highest BCUT2D eigenvalue weighted by molar-refractivity contribution is 5.77. The topological polar surface area (TPSA) is 65.4 Å². The molecular weight excluding hydrogens is 450 g/mol. The molecule has 0 spiro atoms. The van der Waals surface area contributed by atoms with Gasteiger partial charge in [-0.2, -0.15) is 0 Å². The number of fused-ring (bicyclic) bond motifs is 1. The number of nitrogens with one attached hydrogen (secondary N) is 1. The van der Waals surface area contributed by atoms with Crippen molar-refractivity contribution in [3.05, 3.63) is 89.2 Å². The van der Waals surface area contributed by atoms with Crippen molar-refractivity contribution in [2.75, 3.05) is 19.8 Å². The fourth-order valence-electron chi connectivity index (χ4n) is 4.14. The standard InChI is InChI=1S/C30H35N3O3/c1-22-12-15-25(16-13-22)35-19-7-18-33-27-9-5-4-8-26(27)32-29(33)10-6-17-31-30(34)21-36-28-20-23(2)11-14-24(28)3/h4-5,8-9,11-16,20H,6-7,10,17-19,21H2,1-3H3,(H,31,34). The fraction of sp³-hybridized carbons (Fsp3) is 0.333. The lowest BCUT2D eigenvalue weighted by atomic mass is 10.1. The molecule has 3 aromatic carbocycles. The Morgan fingerprint density at radius 2 is 1.69 bits per heavy atom. The molecule has 6 nitrogen and oxygen atoms in total. The van der Waals surface area contributed by atoms with Gasteiger partial charge in [-0.25, -0.2) is 4.98 Å². The predicted octanol–water partition coefficient (Wildman–Crippen LogP) is 5.56. The molecule has 188 valence electrons. The number of benzene rings is 3. The van der Waals surface area contributed by atoms with Gasteiger partial charge in [0, 0.05) is 19.5 Å². The summed E-state index contributed by atoms with van der Waals surface area (Å²) in [6.07, 6.45) is 2.47. The molecule has 1 amide bonds. The van der Waals surface area contributed by atoms with E-state index in [1.54, 1.807) is 0 Å². The van der Waals surface area contributed by atoms with E-state index < -0.39 is 0 Å². The summed E-state index contributed by atoms with van der Waals surface area (Å²) in [5.41, 5.74) is 5.49. The summed E-state index contributed by atoms with van der Waals surface area (Å²) >= 11 is 0. The van der Waals surface area contributed by atoms with E-state index in [0.29, 0.717) is 13.2 Å². The van der Waals surface area contributed by atoms with Gasteiger partial charge in [0.2, 0.25) is 0 Å². The third-order valence-electron chi connectivity index (χ3n) is 6.15. The quantitative estimate of drug-likeness (QED) is 0.267. The smallest absolute Gasteiger partial charge is 0.257 e. The van der Waals surface area contributed by atoms with Gasteiger partial charge in [-0.1, -0.05) is 42.0 Å². The Kier molecular flexibility index (Phi) is 8.61. The lowest BCUT2D eigenvalue weighted by molar-refractivity contribution is -0.123. The lowest BCUT2D eigenvalue weighted by Crippen LogP contribution is -2.30. The number of carbonyl (C=O) groups excluding carboxylic acids is 1. The molecule has 0 aliphatic heterocycles. The average molecular weight is 486 g/mol. The zero-order valence-corrected chi connectivity index (χ0v) is 21.4. The molecule has 0 atom stereocenters. The third-order valence-corrected chi connectivity index (χ3v) is 6.15. The van der Waals surface area contributed by atoms with Crippen LogP contribution in [-0.2, 0) is 17.8 Å². The highest BCUT2D eigenvalue weighted by atomic mass is 16.5. The summed E-state index contributed by atoms with van der Waals surface area (Å²) in [4.78, 5) is 17.1. The second-order valence-corrected chi connectivity index (χ2v) is 9.19. The average Bonchev–Trinajstić information content (AvgIpc) is 3.23. The Hall–Kier alpha value is -3.80. The first kappa shape index (κ1) is 25.3. The number of imidazole rings is 1. The first-order chi connectivity index (χ1) is 17.5. The summed E-state index contributed by atoms with van der Waals surface area (Å²) in [6.45, 7) is 8.13. The van der Waals surface area contributed by atoms with Crippen molar-refractivity contribution >= 4 is 16.9 Å². The van der Waals surface area contributed by atoms with Crippen LogP contribution in [0, 0.1) is 20.8 Å². The number of hydrogen-bond acceptors (Lipinski definition) is 4. The van der Waals surface area contributed by atoms with E-state index in [1.165, 1.54) is 5.56 Å². The van der Waals surface area contributed by atoms with Crippen molar-refractivity contribution in [1.29, 1.82) is 0 Å². The van der Waals surface area contributed by atoms with Crippen LogP contribution in [0.25, 0.3) is 11.0 Å². The van der Waals surface area contributed by atoms with E-state index in [2.05, 4.69) is 35.0 Å². The van der Waals surface area contributed by atoms with Gasteiger partial charge >= 0.3 is 0 Å². The Balaban J connectivity index is 1.26. The fourth-order valence-corrected chi connectivity index (χ4v) is 4.14. The molecule has 0 unspecified atom stereocenters. The molecule has 1 N–H and O–H groups in total. The van der Waals surface area contributed by atoms with Gasteiger partial charge < -0.3 is 19.4 Å². The Morgan fingerprint density at radius 3 is 2.53 bits per heavy atom. The minimum absolute atomic E-state index is 0.0176. The number of rotatable bonds is 12. The summed E-state index contributed by atoms with van der Waals surface area (Å²) in [7, 11) is 0. The molecular formula is C30H35N3O3. The second kappa shape index (κ2) is 12.2. The van der Waals surface area contributed by atoms with Crippen LogP contribution >= 0.6 is 0 Å². The molecule has 0 fully saturated rings. The van der Waals surface area contributed by atoms with E-state index >= 15 is 0 Å². The SMILES string of the molecule is Cc1ccc(OCCCn2c(CCCNC(=O)COc3cc(C)ccc3C)nc3ccccc32)cc1. The van der Waals surface area contributed by atoms with E-state index in [1.807, 2.05) is 62.4 Å². The Morgan fingerprint density at radius 1 is 0.917 bits per heavy atom. The minimum Gasteiger partial charge on any atom is -0.494 e. The second-order valence-electron chi connectivity index (χ2n) is 9.19. The monoisotopic (exact) mass is 485 g/mol. The van der Waals surface area contributed by atoms with Crippen LogP contribution in [0.5, 0.6) is 11.5 Å². The van der Waals surface area contributed by atoms with Gasteiger partial charge in [0.25, 0.3) is 5.91 Å². The van der Waals surface area contributed by atoms with Crippen molar-refractivity contribution in [1.82, 2.24) is 14.9 Å². The molecule has 0 aliphatic rings. The van der Waals surface area contributed by atoms with Gasteiger partial charge in [-0.05, 0) is 75.1 Å². The van der Waals surface area contributed by atoms with Gasteiger partial charge in [0.15, 0.2) is 6.61 Å². The Bertz CT molecular complexity index is 1290. The van der Waals surface area contributed by atoms with Crippen LogP contribution in [0.2, 0.25) is 0 Å². The molecule has 0 radical (unpaired) electrons. The molecule has 4 rings (SSSR count). The highest BCUT2D eigenvalue weighted by Crippen LogP contribution is 2.20. The zero-order valence-electron chi connectivity index (χ0n) is 21.4. The van der Waals surface area contributed by atoms with Crippen LogP contribution in [0.15, 0.2) is 66.7 Å². The number of carbonyl (C=O) groups is 1. The summed E-state index contributed by atoms with van der Waals surface area (Å²) in [5, 5.41) is 2.96. The number of hydrogen-bond donors (Lipinski definition) is 1. The van der Waals surface area contributed by atoms with Crippen molar-refractivity contribution in [2.24, 2.45) is 0 Å². The first-order valence-corrected chi connectivity index (χ1v) is 12.6. The molecule has 0 saturated carbocycles. The number of ether oxygens (including phenoxy) is 2. The van der Waals surface area contributed by atoms with Crippen molar-refractivity contribution in [3.8, 4) is 11.5 Å². The van der Waals surface area contributed by atoms with E-state index in [4.69, 9.17) is 14.5 Å². The maximum absolute atomic E-state index is 12.3. The number of amides is 1. The summed E-state index contributed by atoms with van der Waals surface area (Å²) in [5.74, 6) is 2.57. The Labute approximate surface area is 213 Å².